The largest absolute Gasteiger partial charge is 0.486 e. The van der Waals surface area contributed by atoms with E-state index in [4.69, 9.17) is 16.3 Å². The molecule has 0 aromatic rings. The maximum atomic E-state index is 5.26. The zero-order chi connectivity index (χ0) is 5.70. The molecule has 0 aliphatic carbocycles. The van der Waals surface area contributed by atoms with Crippen molar-refractivity contribution >= 4 is 28.9 Å². The van der Waals surface area contributed by atoms with Crippen molar-refractivity contribution in [3.8, 4) is 0 Å². The lowest BCUT2D eigenvalue weighted by Gasteiger charge is -1.96. The number of alkyl halides is 1. The minimum absolute atomic E-state index is 0.508. The zero-order valence-electron chi connectivity index (χ0n) is 4.11. The van der Waals surface area contributed by atoms with Gasteiger partial charge in [0, 0.05) is 6.92 Å². The molecular weight excluding hydrogens is 132 g/mol. The quantitative estimate of drug-likeness (QED) is 0.424. The normalized spacial score (nSPS) is 8.29. The lowest BCUT2D eigenvalue weighted by molar-refractivity contribution is 0.336. The highest BCUT2D eigenvalue weighted by Crippen LogP contribution is 1.80. The molecule has 0 rings (SSSR count). The fourth-order valence-electron chi connectivity index (χ4n) is 0.182. The van der Waals surface area contributed by atoms with Gasteiger partial charge in [-0.15, -0.1) is 11.6 Å². The van der Waals surface area contributed by atoms with E-state index in [-0.39, 0.29) is 0 Å². The molecule has 0 radical (unpaired) electrons. The van der Waals surface area contributed by atoms with Crippen LogP contribution in [0.1, 0.15) is 6.92 Å². The maximum Gasteiger partial charge on any atom is 0.156 e. The van der Waals surface area contributed by atoms with E-state index in [1.165, 1.54) is 0 Å². The Morgan fingerprint density at radius 2 is 2.43 bits per heavy atom. The standard InChI is InChI=1S/C4H7ClOS/c1-4(7)6-3-2-5/h2-3H2,1H3. The van der Waals surface area contributed by atoms with Gasteiger partial charge in [0.25, 0.3) is 0 Å². The number of halogens is 1. The van der Waals surface area contributed by atoms with Crippen molar-refractivity contribution in [2.45, 2.75) is 6.92 Å². The third kappa shape index (κ3) is 6.18. The van der Waals surface area contributed by atoms with Crippen molar-refractivity contribution in [1.29, 1.82) is 0 Å². The Morgan fingerprint density at radius 3 is 2.57 bits per heavy atom. The molecule has 0 unspecified atom stereocenters. The van der Waals surface area contributed by atoms with Crippen LogP contribution in [0, 0.1) is 0 Å². The molecular formula is C4H7ClOS. The molecule has 1 nitrogen and oxygen atoms in total. The predicted octanol–water partition coefficient (Wildman–Crippen LogP) is 1.59. The molecule has 0 heterocycles. The highest BCUT2D eigenvalue weighted by atomic mass is 35.5. The van der Waals surface area contributed by atoms with Crippen LogP contribution in [0.15, 0.2) is 0 Å². The van der Waals surface area contributed by atoms with Gasteiger partial charge in [0.05, 0.1) is 5.88 Å². The first-order valence-electron chi connectivity index (χ1n) is 1.96. The van der Waals surface area contributed by atoms with Crippen LogP contribution in [0.5, 0.6) is 0 Å². The van der Waals surface area contributed by atoms with Gasteiger partial charge in [0.15, 0.2) is 5.05 Å². The summed E-state index contributed by atoms with van der Waals surface area (Å²) in [6.07, 6.45) is 0. The fraction of sp³-hybridized carbons (Fsp3) is 0.750. The van der Waals surface area contributed by atoms with E-state index < -0.39 is 0 Å². The summed E-state index contributed by atoms with van der Waals surface area (Å²) in [6.45, 7) is 2.25. The number of rotatable bonds is 2. The maximum absolute atomic E-state index is 5.26. The smallest absolute Gasteiger partial charge is 0.156 e. The van der Waals surface area contributed by atoms with Crippen LogP contribution < -0.4 is 0 Å². The average Bonchev–Trinajstić information content (AvgIpc) is 1.61. The summed E-state index contributed by atoms with van der Waals surface area (Å²) in [4.78, 5) is 0. The fourth-order valence-corrected chi connectivity index (χ4v) is 0.343. The van der Waals surface area contributed by atoms with Gasteiger partial charge in [-0.3, -0.25) is 0 Å². The van der Waals surface area contributed by atoms with Gasteiger partial charge < -0.3 is 4.74 Å². The van der Waals surface area contributed by atoms with Crippen LogP contribution in [0.3, 0.4) is 0 Å². The Labute approximate surface area is 53.6 Å². The van der Waals surface area contributed by atoms with Crippen molar-refractivity contribution < 1.29 is 4.74 Å². The Kier molecular flexibility index (Phi) is 4.45. The summed E-state index contributed by atoms with van der Waals surface area (Å²) in [5.41, 5.74) is 0. The third-order valence-electron chi connectivity index (χ3n) is 0.382. The molecule has 0 amide bonds. The van der Waals surface area contributed by atoms with E-state index in [1.807, 2.05) is 0 Å². The number of hydrogen-bond acceptors (Lipinski definition) is 2. The minimum atomic E-state index is 0.508. The second kappa shape index (κ2) is 4.34. The molecule has 0 aromatic carbocycles. The SMILES string of the molecule is CC(=S)OCCCl. The summed E-state index contributed by atoms with van der Waals surface area (Å²) < 4.78 is 4.79. The van der Waals surface area contributed by atoms with Crippen molar-refractivity contribution in [3.05, 3.63) is 0 Å². The first-order chi connectivity index (χ1) is 3.27. The Hall–Kier alpha value is 0.180. The number of hydrogen-bond donors (Lipinski definition) is 0. The molecule has 0 saturated carbocycles. The molecule has 0 aliphatic rings. The third-order valence-corrected chi connectivity index (χ3v) is 0.655. The molecule has 0 aromatic heterocycles. The van der Waals surface area contributed by atoms with Crippen LogP contribution in [0.25, 0.3) is 0 Å². The van der Waals surface area contributed by atoms with Gasteiger partial charge in [0.1, 0.15) is 6.61 Å². The van der Waals surface area contributed by atoms with E-state index in [1.54, 1.807) is 6.92 Å². The van der Waals surface area contributed by atoms with Gasteiger partial charge in [-0.1, -0.05) is 0 Å². The van der Waals surface area contributed by atoms with Crippen molar-refractivity contribution in [1.82, 2.24) is 0 Å². The molecule has 0 spiro atoms. The summed E-state index contributed by atoms with van der Waals surface area (Å²) in [5, 5.41) is 0.556. The monoisotopic (exact) mass is 138 g/mol. The molecule has 7 heavy (non-hydrogen) atoms. The van der Waals surface area contributed by atoms with Gasteiger partial charge in [-0.25, -0.2) is 0 Å². The molecule has 42 valence electrons. The molecule has 0 saturated heterocycles. The Balaban J connectivity index is 2.82. The van der Waals surface area contributed by atoms with Crippen LogP contribution in [0.2, 0.25) is 0 Å². The van der Waals surface area contributed by atoms with Gasteiger partial charge in [0.2, 0.25) is 0 Å². The van der Waals surface area contributed by atoms with Crippen molar-refractivity contribution in [2.24, 2.45) is 0 Å². The zero-order valence-corrected chi connectivity index (χ0v) is 5.68. The highest BCUT2D eigenvalue weighted by molar-refractivity contribution is 7.80. The highest BCUT2D eigenvalue weighted by Gasteiger charge is 1.82. The lowest BCUT2D eigenvalue weighted by atomic mass is 10.8. The Morgan fingerprint density at radius 1 is 1.86 bits per heavy atom. The van der Waals surface area contributed by atoms with Crippen LogP contribution in [0.4, 0.5) is 0 Å². The van der Waals surface area contributed by atoms with Crippen molar-refractivity contribution in [2.75, 3.05) is 12.5 Å². The second-order valence-corrected chi connectivity index (χ2v) is 1.98. The van der Waals surface area contributed by atoms with Crippen LogP contribution in [-0.2, 0) is 4.74 Å². The molecule has 0 N–H and O–H groups in total. The van der Waals surface area contributed by atoms with Gasteiger partial charge in [-0.2, -0.15) is 0 Å². The van der Waals surface area contributed by atoms with E-state index in [9.17, 15) is 0 Å². The topological polar surface area (TPSA) is 9.23 Å². The molecule has 0 fully saturated rings. The molecule has 0 atom stereocenters. The van der Waals surface area contributed by atoms with Crippen LogP contribution >= 0.6 is 23.8 Å². The Bertz CT molecular complexity index is 64.7. The van der Waals surface area contributed by atoms with E-state index in [0.29, 0.717) is 17.5 Å². The van der Waals surface area contributed by atoms with Crippen molar-refractivity contribution in [3.63, 3.8) is 0 Å². The molecule has 3 heteroatoms. The minimum Gasteiger partial charge on any atom is -0.486 e. The number of thiocarbonyl (C=S) groups is 1. The van der Waals surface area contributed by atoms with E-state index >= 15 is 0 Å². The van der Waals surface area contributed by atoms with Gasteiger partial charge >= 0.3 is 0 Å². The summed E-state index contributed by atoms with van der Waals surface area (Å²) in [5.74, 6) is 0.508. The van der Waals surface area contributed by atoms with E-state index in [0.717, 1.165) is 0 Å². The first-order valence-corrected chi connectivity index (χ1v) is 2.91. The number of ether oxygens (including phenoxy) is 1. The molecule has 0 bridgehead atoms. The predicted molar refractivity (Wildman–Crippen MR) is 34.9 cm³/mol. The second-order valence-electron chi connectivity index (χ2n) is 1.03. The first kappa shape index (κ1) is 7.18. The summed E-state index contributed by atoms with van der Waals surface area (Å²) >= 11 is 9.84. The lowest BCUT2D eigenvalue weighted by Crippen LogP contribution is -1.98. The molecule has 0 aliphatic heterocycles. The van der Waals surface area contributed by atoms with E-state index in [2.05, 4.69) is 12.2 Å². The average molecular weight is 139 g/mol. The van der Waals surface area contributed by atoms with Gasteiger partial charge in [-0.05, 0) is 12.2 Å². The summed E-state index contributed by atoms with van der Waals surface area (Å²) in [6, 6.07) is 0. The summed E-state index contributed by atoms with van der Waals surface area (Å²) in [7, 11) is 0. The van der Waals surface area contributed by atoms with Crippen LogP contribution in [-0.4, -0.2) is 17.5 Å².